The number of fused-ring (bicyclic) bond motifs is 7. The number of hydrogen-bond donors (Lipinski definition) is 13. The number of aliphatic hydroxyl groups is 13. The summed E-state index contributed by atoms with van der Waals surface area (Å²) in [6.45, 7) is 6.85. The average Bonchev–Trinajstić information content (AvgIpc) is 3.75. The van der Waals surface area contributed by atoms with Gasteiger partial charge in [-0.05, 0) is 67.1 Å². The van der Waals surface area contributed by atoms with Gasteiger partial charge in [0.05, 0.1) is 50.8 Å². The van der Waals surface area contributed by atoms with Crippen molar-refractivity contribution in [3.63, 3.8) is 0 Å². The van der Waals surface area contributed by atoms with E-state index >= 15 is 0 Å². The second kappa shape index (κ2) is 20.1. The monoisotopic (exact) mass is 964 g/mol. The first kappa shape index (κ1) is 52.2. The Labute approximate surface area is 390 Å². The number of methoxy groups -OCH3 is 1. The summed E-state index contributed by atoms with van der Waals surface area (Å²) >= 11 is 0. The lowest BCUT2D eigenvalue weighted by atomic mass is 9.45. The molecular weight excluding hydrogens is 888 g/mol. The van der Waals surface area contributed by atoms with Crippen LogP contribution in [0.5, 0.6) is 0 Å². The molecule has 0 aromatic rings. The van der Waals surface area contributed by atoms with E-state index in [2.05, 4.69) is 19.9 Å². The fourth-order valence-electron chi connectivity index (χ4n) is 14.0. The third-order valence-corrected chi connectivity index (χ3v) is 17.8. The minimum atomic E-state index is -1.73. The summed E-state index contributed by atoms with van der Waals surface area (Å²) in [6, 6.07) is 0. The molecule has 21 nitrogen and oxygen atoms in total. The first-order chi connectivity index (χ1) is 31.6. The molecule has 0 amide bonds. The van der Waals surface area contributed by atoms with Gasteiger partial charge in [0.25, 0.3) is 0 Å². The van der Waals surface area contributed by atoms with Gasteiger partial charge in [-0.25, -0.2) is 0 Å². The highest BCUT2D eigenvalue weighted by Crippen LogP contribution is 2.70. The van der Waals surface area contributed by atoms with E-state index in [1.165, 1.54) is 0 Å². The number of rotatable bonds is 14. The molecule has 3 saturated carbocycles. The number of allylic oxidation sites excluding steroid dienone is 1. The standard InChI is InChI=1S/C46H76O21/c1-18(16-61-41-38(57)35(54)32(51)26(14-47)64-41)8-9-46(60-5)19(2)30-25(67-46)12-23-22-7-6-20-10-21(11-29(50)45(20,4)31(22)24(49)13-44(23,30)3)63-43-40(59)37(56)34(53)28(66-43)17-62-42-39(58)36(55)33(52)27(15-48)65-42/h6,18-19,21-43,47-59H,7-17H2,1-5H3/t18-,19+,21-,22+,23+,24-,25+,26-,27-,28-,29-,30+,31-,32-,33-,34-,35+,36+,37+,38-,39-,40-,41-,42-,43-,44+,45-,46-/m1/s1. The van der Waals surface area contributed by atoms with Crippen molar-refractivity contribution in [2.24, 2.45) is 46.3 Å². The molecule has 8 rings (SSSR count). The SMILES string of the molecule is CO[C@]1(CC[C@@H](C)CO[C@@H]2O[C@H](CO)[C@@H](O)[C@H](O)[C@H]2O)O[C@H]2C[C@H]3[C@@H]4CC=C5C[C@@H](O[C@@H]6O[C@H](CO[C@@H]7O[C@H](CO)[C@@H](O)[C@H](O)[C@H]7O)[C@@H](O)[C@H](O)[C@H]6O)C[C@@H](O)[C@]5(C)[C@H]4[C@H](O)C[C@]3(C)[C@H]2[C@@H]1C. The molecule has 386 valence electrons. The zero-order chi connectivity index (χ0) is 48.7. The quantitative estimate of drug-likeness (QED) is 0.0760. The molecule has 4 saturated heterocycles. The van der Waals surface area contributed by atoms with Crippen LogP contribution in [0.3, 0.4) is 0 Å². The van der Waals surface area contributed by atoms with E-state index in [0.717, 1.165) is 12.0 Å². The van der Waals surface area contributed by atoms with Gasteiger partial charge in [-0.1, -0.05) is 39.3 Å². The third-order valence-electron chi connectivity index (χ3n) is 17.8. The van der Waals surface area contributed by atoms with Crippen molar-refractivity contribution in [2.75, 3.05) is 33.5 Å². The van der Waals surface area contributed by atoms with Gasteiger partial charge in [0.1, 0.15) is 73.2 Å². The van der Waals surface area contributed by atoms with E-state index in [4.69, 9.17) is 37.9 Å². The van der Waals surface area contributed by atoms with Gasteiger partial charge < -0.3 is 104 Å². The lowest BCUT2D eigenvalue weighted by molar-refractivity contribution is -0.337. The Kier molecular flexibility index (Phi) is 15.6. The maximum absolute atomic E-state index is 12.3. The molecule has 8 aliphatic rings. The Morgan fingerprint density at radius 2 is 1.28 bits per heavy atom. The van der Waals surface area contributed by atoms with Crippen LogP contribution in [0.4, 0.5) is 0 Å². The van der Waals surface area contributed by atoms with E-state index in [1.54, 1.807) is 7.11 Å². The van der Waals surface area contributed by atoms with Gasteiger partial charge in [0, 0.05) is 31.3 Å². The molecule has 0 aromatic heterocycles. The van der Waals surface area contributed by atoms with Gasteiger partial charge in [0.15, 0.2) is 24.7 Å². The largest absolute Gasteiger partial charge is 0.394 e. The maximum Gasteiger partial charge on any atom is 0.186 e. The summed E-state index contributed by atoms with van der Waals surface area (Å²) < 4.78 is 47.7. The first-order valence-electron chi connectivity index (χ1n) is 24.1. The van der Waals surface area contributed by atoms with Crippen LogP contribution in [0.25, 0.3) is 0 Å². The van der Waals surface area contributed by atoms with Crippen LogP contribution in [-0.2, 0) is 37.9 Å². The van der Waals surface area contributed by atoms with Gasteiger partial charge in [-0.2, -0.15) is 0 Å². The Bertz CT molecular complexity index is 1710. The van der Waals surface area contributed by atoms with Gasteiger partial charge in [0.2, 0.25) is 0 Å². The van der Waals surface area contributed by atoms with Crippen molar-refractivity contribution in [3.05, 3.63) is 11.6 Å². The summed E-state index contributed by atoms with van der Waals surface area (Å²) in [5.41, 5.74) is -0.195. The van der Waals surface area contributed by atoms with Crippen molar-refractivity contribution in [1.82, 2.24) is 0 Å². The van der Waals surface area contributed by atoms with Crippen molar-refractivity contribution < 1.29 is 104 Å². The fraction of sp³-hybridized carbons (Fsp3) is 0.957. The average molecular weight is 965 g/mol. The molecule has 4 aliphatic carbocycles. The molecule has 4 heterocycles. The summed E-state index contributed by atoms with van der Waals surface area (Å²) in [7, 11) is 1.65. The number of hydrogen-bond acceptors (Lipinski definition) is 21. The van der Waals surface area contributed by atoms with Crippen LogP contribution < -0.4 is 0 Å². The van der Waals surface area contributed by atoms with Gasteiger partial charge in [-0.15, -0.1) is 0 Å². The molecule has 13 N–H and O–H groups in total. The second-order valence-corrected chi connectivity index (χ2v) is 21.5. The number of ether oxygens (including phenoxy) is 8. The van der Waals surface area contributed by atoms with E-state index < -0.39 is 141 Å². The lowest BCUT2D eigenvalue weighted by Gasteiger charge is -2.61. The van der Waals surface area contributed by atoms with Crippen LogP contribution in [0, 0.1) is 46.3 Å². The highest BCUT2D eigenvalue weighted by molar-refractivity contribution is 5.29. The molecule has 28 atom stereocenters. The first-order valence-corrected chi connectivity index (χ1v) is 24.1. The Hall–Kier alpha value is -1.10. The van der Waals surface area contributed by atoms with Crippen molar-refractivity contribution in [1.29, 1.82) is 0 Å². The van der Waals surface area contributed by atoms with Crippen molar-refractivity contribution in [2.45, 2.75) is 195 Å². The number of aliphatic hydroxyl groups excluding tert-OH is 13. The van der Waals surface area contributed by atoms with Crippen molar-refractivity contribution in [3.8, 4) is 0 Å². The van der Waals surface area contributed by atoms with Crippen molar-refractivity contribution >= 4 is 0 Å². The van der Waals surface area contributed by atoms with E-state index in [-0.39, 0.29) is 60.1 Å². The molecule has 0 spiro atoms. The minimum absolute atomic E-state index is 0.0390. The molecular formula is C46H76O21. The molecule has 0 unspecified atom stereocenters. The van der Waals surface area contributed by atoms with Gasteiger partial charge >= 0.3 is 0 Å². The Balaban J connectivity index is 0.892. The zero-order valence-corrected chi connectivity index (χ0v) is 38.9. The highest BCUT2D eigenvalue weighted by atomic mass is 16.7. The van der Waals surface area contributed by atoms with E-state index in [9.17, 15) is 66.4 Å². The van der Waals surface area contributed by atoms with Crippen LogP contribution in [0.1, 0.15) is 72.6 Å². The molecule has 4 aliphatic heterocycles. The zero-order valence-electron chi connectivity index (χ0n) is 38.9. The summed E-state index contributed by atoms with van der Waals surface area (Å²) in [5.74, 6) is -0.972. The minimum Gasteiger partial charge on any atom is -0.394 e. The Morgan fingerprint density at radius 3 is 1.88 bits per heavy atom. The fourth-order valence-corrected chi connectivity index (χ4v) is 14.0. The van der Waals surface area contributed by atoms with Crippen LogP contribution in [-0.4, -0.2) is 222 Å². The van der Waals surface area contributed by atoms with Gasteiger partial charge in [-0.3, -0.25) is 0 Å². The summed E-state index contributed by atoms with van der Waals surface area (Å²) in [5, 5.41) is 137. The third kappa shape index (κ3) is 9.00. The Morgan fingerprint density at radius 1 is 0.716 bits per heavy atom. The predicted molar refractivity (Wildman–Crippen MR) is 227 cm³/mol. The smallest absolute Gasteiger partial charge is 0.186 e. The molecule has 7 fully saturated rings. The highest BCUT2D eigenvalue weighted by Gasteiger charge is 2.70. The van der Waals surface area contributed by atoms with Crippen LogP contribution in [0.15, 0.2) is 11.6 Å². The summed E-state index contributed by atoms with van der Waals surface area (Å²) in [4.78, 5) is 0. The molecule has 0 aromatic carbocycles. The van der Waals surface area contributed by atoms with Crippen LogP contribution in [0.2, 0.25) is 0 Å². The van der Waals surface area contributed by atoms with E-state index in [1.807, 2.05) is 13.8 Å². The molecule has 0 bridgehead atoms. The van der Waals surface area contributed by atoms with Crippen LogP contribution >= 0.6 is 0 Å². The van der Waals surface area contributed by atoms with E-state index in [0.29, 0.717) is 32.1 Å². The molecule has 0 radical (unpaired) electrons. The summed E-state index contributed by atoms with van der Waals surface area (Å²) in [6.07, 6.45) is -19.2. The normalized spacial score (nSPS) is 54.7. The second-order valence-electron chi connectivity index (χ2n) is 21.5. The molecule has 21 heteroatoms. The maximum atomic E-state index is 12.3. The topological polar surface area (TPSA) is 337 Å². The lowest BCUT2D eigenvalue weighted by Crippen LogP contribution is -2.63. The predicted octanol–water partition coefficient (Wildman–Crippen LogP) is -3.26. The molecule has 67 heavy (non-hydrogen) atoms.